The van der Waals surface area contributed by atoms with Crippen molar-refractivity contribution in [3.8, 4) is 5.75 Å². The van der Waals surface area contributed by atoms with Crippen molar-refractivity contribution in [3.05, 3.63) is 58.7 Å². The number of carbonyl (C=O) groups is 2. The highest BCUT2D eigenvalue weighted by molar-refractivity contribution is 5.95. The summed E-state index contributed by atoms with van der Waals surface area (Å²) in [4.78, 5) is 23.0. The van der Waals surface area contributed by atoms with E-state index in [1.54, 1.807) is 12.1 Å². The van der Waals surface area contributed by atoms with Crippen molar-refractivity contribution in [1.29, 1.82) is 0 Å². The van der Waals surface area contributed by atoms with Gasteiger partial charge < -0.3 is 15.2 Å². The van der Waals surface area contributed by atoms with Crippen LogP contribution in [0.4, 0.5) is 5.69 Å². The van der Waals surface area contributed by atoms with Crippen LogP contribution in [0, 0.1) is 13.8 Å². The topological polar surface area (TPSA) is 75.6 Å². The Morgan fingerprint density at radius 1 is 1.16 bits per heavy atom. The van der Waals surface area contributed by atoms with E-state index in [2.05, 4.69) is 18.3 Å². The van der Waals surface area contributed by atoms with Gasteiger partial charge in [-0.15, -0.1) is 0 Å². The van der Waals surface area contributed by atoms with E-state index in [1.165, 1.54) is 5.56 Å². The molecule has 1 aliphatic heterocycles. The molecule has 25 heavy (non-hydrogen) atoms. The summed E-state index contributed by atoms with van der Waals surface area (Å²) in [6.45, 7) is 4.08. The number of nitrogens with one attached hydrogen (secondary N) is 1. The highest BCUT2D eigenvalue weighted by Gasteiger charge is 2.29. The Bertz CT molecular complexity index is 780. The van der Waals surface area contributed by atoms with Gasteiger partial charge >= 0.3 is 5.97 Å². The number of amides is 1. The van der Waals surface area contributed by atoms with Gasteiger partial charge in [0.05, 0.1) is 0 Å². The summed E-state index contributed by atoms with van der Waals surface area (Å²) in [5, 5.41) is 11.6. The maximum Gasteiger partial charge on any atom is 0.303 e. The van der Waals surface area contributed by atoms with Gasteiger partial charge in [0, 0.05) is 18.5 Å². The Morgan fingerprint density at radius 2 is 1.84 bits per heavy atom. The fourth-order valence-corrected chi connectivity index (χ4v) is 2.89. The molecular weight excluding hydrogens is 318 g/mol. The largest absolute Gasteiger partial charge is 0.481 e. The zero-order chi connectivity index (χ0) is 18.0. The molecule has 0 aliphatic carbocycles. The molecule has 0 bridgehead atoms. The number of carbonyl (C=O) groups excluding carboxylic acids is 1. The minimum Gasteiger partial charge on any atom is -0.481 e. The molecule has 1 heterocycles. The van der Waals surface area contributed by atoms with Crippen LogP contribution in [-0.2, 0) is 22.4 Å². The first kappa shape index (κ1) is 17.0. The van der Waals surface area contributed by atoms with Crippen molar-refractivity contribution in [1.82, 2.24) is 0 Å². The molecule has 1 atom stereocenters. The van der Waals surface area contributed by atoms with Crippen LogP contribution in [0.25, 0.3) is 0 Å². The molecule has 1 amide bonds. The van der Waals surface area contributed by atoms with Crippen molar-refractivity contribution in [2.24, 2.45) is 0 Å². The van der Waals surface area contributed by atoms with Gasteiger partial charge in [-0.1, -0.05) is 18.2 Å². The summed E-state index contributed by atoms with van der Waals surface area (Å²) in [7, 11) is 0. The van der Waals surface area contributed by atoms with Gasteiger partial charge in [-0.3, -0.25) is 9.59 Å². The maximum atomic E-state index is 12.4. The predicted octanol–water partition coefficient (Wildman–Crippen LogP) is 3.26. The number of carboxylic acids is 1. The Kier molecular flexibility index (Phi) is 4.74. The highest BCUT2D eigenvalue weighted by Crippen LogP contribution is 2.31. The van der Waals surface area contributed by atoms with Gasteiger partial charge in [0.2, 0.25) is 0 Å². The molecule has 5 nitrogen and oxygen atoms in total. The molecular formula is C20H21NO4. The molecule has 1 unspecified atom stereocenters. The zero-order valence-corrected chi connectivity index (χ0v) is 14.3. The fraction of sp³-hybridized carbons (Fsp3) is 0.300. The van der Waals surface area contributed by atoms with Crippen LogP contribution in [0.15, 0.2) is 36.4 Å². The highest BCUT2D eigenvalue weighted by atomic mass is 16.5. The smallest absolute Gasteiger partial charge is 0.303 e. The summed E-state index contributed by atoms with van der Waals surface area (Å²) < 4.78 is 5.79. The quantitative estimate of drug-likeness (QED) is 0.877. The second-order valence-electron chi connectivity index (χ2n) is 6.43. The number of hydrogen-bond donors (Lipinski definition) is 2. The Balaban J connectivity index is 1.60. The molecule has 3 rings (SSSR count). The van der Waals surface area contributed by atoms with Crippen molar-refractivity contribution in [3.63, 3.8) is 0 Å². The van der Waals surface area contributed by atoms with Gasteiger partial charge in [-0.05, 0) is 60.7 Å². The summed E-state index contributed by atoms with van der Waals surface area (Å²) in [5.74, 6) is -0.210. The average Bonchev–Trinajstić information content (AvgIpc) is 2.97. The van der Waals surface area contributed by atoms with Crippen molar-refractivity contribution in [2.45, 2.75) is 39.2 Å². The maximum absolute atomic E-state index is 12.4. The lowest BCUT2D eigenvalue weighted by molar-refractivity contribution is -0.137. The van der Waals surface area contributed by atoms with E-state index < -0.39 is 12.1 Å². The molecule has 130 valence electrons. The van der Waals surface area contributed by atoms with E-state index in [-0.39, 0.29) is 12.3 Å². The summed E-state index contributed by atoms with van der Waals surface area (Å²) in [6.07, 6.45) is 0.615. The van der Waals surface area contributed by atoms with Gasteiger partial charge in [-0.25, -0.2) is 0 Å². The zero-order valence-electron chi connectivity index (χ0n) is 14.3. The van der Waals surface area contributed by atoms with E-state index in [4.69, 9.17) is 9.84 Å². The second-order valence-corrected chi connectivity index (χ2v) is 6.43. The third kappa shape index (κ3) is 3.99. The summed E-state index contributed by atoms with van der Waals surface area (Å²) >= 11 is 0. The average molecular weight is 339 g/mol. The number of anilines is 1. The molecule has 5 heteroatoms. The van der Waals surface area contributed by atoms with Gasteiger partial charge in [-0.2, -0.15) is 0 Å². The molecule has 0 saturated heterocycles. The lowest BCUT2D eigenvalue weighted by atomic mass is 10.0. The van der Waals surface area contributed by atoms with E-state index in [1.807, 2.05) is 25.1 Å². The van der Waals surface area contributed by atoms with E-state index >= 15 is 0 Å². The number of aliphatic carboxylic acids is 1. The molecule has 0 radical (unpaired) electrons. The first-order chi connectivity index (χ1) is 11.9. The lowest BCUT2D eigenvalue weighted by Crippen LogP contribution is -2.31. The molecule has 1 aliphatic rings. The van der Waals surface area contributed by atoms with Gasteiger partial charge in [0.1, 0.15) is 5.75 Å². The summed E-state index contributed by atoms with van der Waals surface area (Å²) in [5.41, 5.74) is 5.01. The normalized spacial score (nSPS) is 15.4. The van der Waals surface area contributed by atoms with Crippen LogP contribution in [0.2, 0.25) is 0 Å². The molecule has 0 spiro atoms. The van der Waals surface area contributed by atoms with Gasteiger partial charge in [0.15, 0.2) is 6.10 Å². The first-order valence-corrected chi connectivity index (χ1v) is 8.31. The SMILES string of the molecule is Cc1cc2c(cc1C)OC(C(=O)Nc1ccc(CCC(=O)O)cc1)C2. The van der Waals surface area contributed by atoms with Crippen molar-refractivity contribution in [2.75, 3.05) is 5.32 Å². The number of hydrogen-bond acceptors (Lipinski definition) is 3. The first-order valence-electron chi connectivity index (χ1n) is 8.31. The standard InChI is InChI=1S/C20H21NO4/c1-12-9-15-11-18(25-17(15)10-13(12)2)20(24)21-16-6-3-14(4-7-16)5-8-19(22)23/h3-4,6-7,9-10,18H,5,8,11H2,1-2H3,(H,21,24)(H,22,23). The Labute approximate surface area is 146 Å². The van der Waals surface area contributed by atoms with Crippen LogP contribution < -0.4 is 10.1 Å². The number of fused-ring (bicyclic) bond motifs is 1. The molecule has 0 saturated carbocycles. The van der Waals surface area contributed by atoms with E-state index in [0.29, 0.717) is 18.5 Å². The number of benzene rings is 2. The third-order valence-electron chi connectivity index (χ3n) is 4.49. The molecule has 2 aromatic rings. The number of ether oxygens (including phenoxy) is 1. The Morgan fingerprint density at radius 3 is 2.52 bits per heavy atom. The van der Waals surface area contributed by atoms with Crippen LogP contribution in [0.5, 0.6) is 5.75 Å². The van der Waals surface area contributed by atoms with Gasteiger partial charge in [0.25, 0.3) is 5.91 Å². The van der Waals surface area contributed by atoms with Crippen molar-refractivity contribution < 1.29 is 19.4 Å². The minimum atomic E-state index is -0.819. The molecule has 2 N–H and O–H groups in total. The predicted molar refractivity (Wildman–Crippen MR) is 95.1 cm³/mol. The third-order valence-corrected chi connectivity index (χ3v) is 4.49. The van der Waals surface area contributed by atoms with Crippen molar-refractivity contribution >= 4 is 17.6 Å². The van der Waals surface area contributed by atoms with E-state index in [9.17, 15) is 9.59 Å². The monoisotopic (exact) mass is 339 g/mol. The number of rotatable bonds is 5. The van der Waals surface area contributed by atoms with Crippen LogP contribution in [0.1, 0.15) is 28.7 Å². The molecule has 0 fully saturated rings. The Hall–Kier alpha value is -2.82. The van der Waals surface area contributed by atoms with Crippen LogP contribution in [-0.4, -0.2) is 23.1 Å². The van der Waals surface area contributed by atoms with Crippen LogP contribution >= 0.6 is 0 Å². The van der Waals surface area contributed by atoms with E-state index in [0.717, 1.165) is 22.4 Å². The second kappa shape index (κ2) is 6.97. The molecule has 0 aromatic heterocycles. The summed E-state index contributed by atoms with van der Waals surface area (Å²) in [6, 6.07) is 11.3. The minimum absolute atomic E-state index is 0.0959. The fourth-order valence-electron chi connectivity index (χ4n) is 2.89. The lowest BCUT2D eigenvalue weighted by Gasteiger charge is -2.12. The molecule has 2 aromatic carbocycles. The number of carboxylic acid groups (broad SMARTS) is 1. The number of aryl methyl sites for hydroxylation is 3. The van der Waals surface area contributed by atoms with Crippen LogP contribution in [0.3, 0.4) is 0 Å².